The van der Waals surface area contributed by atoms with Gasteiger partial charge in [-0.05, 0) is 24.3 Å². The molecule has 5 nitrogen and oxygen atoms in total. The third-order valence-corrected chi connectivity index (χ3v) is 3.03. The van der Waals surface area contributed by atoms with E-state index in [0.29, 0.717) is 17.1 Å². The van der Waals surface area contributed by atoms with E-state index in [1.807, 2.05) is 12.1 Å². The summed E-state index contributed by atoms with van der Waals surface area (Å²) < 4.78 is 5.24. The average Bonchev–Trinajstić information content (AvgIpc) is 3.03. The summed E-state index contributed by atoms with van der Waals surface area (Å²) in [5.41, 5.74) is 1.90. The summed E-state index contributed by atoms with van der Waals surface area (Å²) in [6.45, 7) is 0. The van der Waals surface area contributed by atoms with Gasteiger partial charge in [0.1, 0.15) is 0 Å². The first-order valence-electron chi connectivity index (χ1n) is 6.33. The van der Waals surface area contributed by atoms with Gasteiger partial charge in [0.25, 0.3) is 0 Å². The van der Waals surface area contributed by atoms with Crippen LogP contribution in [0, 0.1) is 0 Å². The monoisotopic (exact) mass is 280 g/mol. The lowest BCUT2D eigenvalue weighted by atomic mass is 10.1. The van der Waals surface area contributed by atoms with Crippen LogP contribution in [0.4, 0.5) is 16.2 Å². The highest BCUT2D eigenvalue weighted by atomic mass is 16.4. The Morgan fingerprint density at radius 2 is 1.81 bits per heavy atom. The first kappa shape index (κ1) is 12.9. The molecule has 1 heterocycles. The largest absolute Gasteiger partial charge is 0.464 e. The quantitative estimate of drug-likeness (QED) is 0.782. The predicted octanol–water partition coefficient (Wildman–Crippen LogP) is 4.16. The number of hydrogen-bond donors (Lipinski definition) is 1. The Balaban J connectivity index is 2.05. The number of amides is 1. The van der Waals surface area contributed by atoms with Gasteiger partial charge in [-0.2, -0.15) is 0 Å². The van der Waals surface area contributed by atoms with Gasteiger partial charge in [0, 0.05) is 5.56 Å². The molecular weight excluding hydrogens is 268 g/mol. The number of hydrogen-bond acceptors (Lipinski definition) is 3. The van der Waals surface area contributed by atoms with Crippen LogP contribution in [0.25, 0.3) is 11.3 Å². The topological polar surface area (TPSA) is 66.6 Å². The van der Waals surface area contributed by atoms with Gasteiger partial charge in [-0.1, -0.05) is 30.3 Å². The highest BCUT2D eigenvalue weighted by molar-refractivity contribution is 5.95. The number of anilines is 2. The SMILES string of the molecule is O=C(O)N(c1ccccc1)c1cccc(-c2cnco2)c1. The Morgan fingerprint density at radius 3 is 2.48 bits per heavy atom. The maximum Gasteiger partial charge on any atom is 0.416 e. The third kappa shape index (κ3) is 2.62. The number of aromatic nitrogens is 1. The molecule has 1 aromatic heterocycles. The van der Waals surface area contributed by atoms with Crippen LogP contribution in [0.1, 0.15) is 0 Å². The van der Waals surface area contributed by atoms with Crippen LogP contribution in [0.5, 0.6) is 0 Å². The van der Waals surface area contributed by atoms with Crippen molar-refractivity contribution in [2.24, 2.45) is 0 Å². The second kappa shape index (κ2) is 5.50. The van der Waals surface area contributed by atoms with Crippen LogP contribution >= 0.6 is 0 Å². The van der Waals surface area contributed by atoms with Crippen molar-refractivity contribution in [3.05, 3.63) is 67.2 Å². The molecule has 0 aliphatic rings. The zero-order valence-corrected chi connectivity index (χ0v) is 11.0. The van der Waals surface area contributed by atoms with E-state index in [0.717, 1.165) is 5.56 Å². The highest BCUT2D eigenvalue weighted by Crippen LogP contribution is 2.29. The fraction of sp³-hybridized carbons (Fsp3) is 0. The van der Waals surface area contributed by atoms with Crippen LogP contribution in [-0.2, 0) is 0 Å². The van der Waals surface area contributed by atoms with E-state index in [4.69, 9.17) is 4.42 Å². The number of rotatable bonds is 3. The molecular formula is C16H12N2O3. The molecule has 0 aliphatic carbocycles. The second-order valence-corrected chi connectivity index (χ2v) is 4.37. The molecule has 2 aromatic carbocycles. The molecule has 3 aromatic rings. The van der Waals surface area contributed by atoms with E-state index in [-0.39, 0.29) is 0 Å². The summed E-state index contributed by atoms with van der Waals surface area (Å²) >= 11 is 0. The maximum absolute atomic E-state index is 11.6. The molecule has 5 heteroatoms. The molecule has 0 bridgehead atoms. The minimum Gasteiger partial charge on any atom is -0.464 e. The Labute approximate surface area is 121 Å². The van der Waals surface area contributed by atoms with Gasteiger partial charge in [-0.15, -0.1) is 0 Å². The molecule has 3 rings (SSSR count). The molecule has 0 saturated carbocycles. The lowest BCUT2D eigenvalue weighted by Gasteiger charge is -2.19. The van der Waals surface area contributed by atoms with Crippen molar-refractivity contribution in [2.75, 3.05) is 4.90 Å². The van der Waals surface area contributed by atoms with E-state index in [1.54, 1.807) is 48.7 Å². The maximum atomic E-state index is 11.6. The molecule has 0 atom stereocenters. The van der Waals surface area contributed by atoms with Gasteiger partial charge < -0.3 is 9.52 Å². The van der Waals surface area contributed by atoms with Crippen molar-refractivity contribution in [3.8, 4) is 11.3 Å². The standard InChI is InChI=1S/C16H12N2O3/c19-16(20)18(13-6-2-1-3-7-13)14-8-4-5-12(9-14)15-10-17-11-21-15/h1-11H,(H,19,20). The van der Waals surface area contributed by atoms with E-state index in [1.165, 1.54) is 11.3 Å². The van der Waals surface area contributed by atoms with Crippen molar-refractivity contribution < 1.29 is 14.3 Å². The number of carbonyl (C=O) groups is 1. The molecule has 1 N–H and O–H groups in total. The van der Waals surface area contributed by atoms with Crippen LogP contribution in [0.3, 0.4) is 0 Å². The fourth-order valence-corrected chi connectivity index (χ4v) is 2.10. The van der Waals surface area contributed by atoms with Gasteiger partial charge in [0.15, 0.2) is 12.2 Å². The number of carboxylic acid groups (broad SMARTS) is 1. The Bertz CT molecular complexity index is 739. The zero-order valence-electron chi connectivity index (χ0n) is 11.0. The van der Waals surface area contributed by atoms with Crippen molar-refractivity contribution in [3.63, 3.8) is 0 Å². The van der Waals surface area contributed by atoms with Crippen molar-refractivity contribution in [1.29, 1.82) is 0 Å². The summed E-state index contributed by atoms with van der Waals surface area (Å²) in [4.78, 5) is 16.7. The van der Waals surface area contributed by atoms with Crippen LogP contribution < -0.4 is 4.90 Å². The van der Waals surface area contributed by atoms with Crippen molar-refractivity contribution >= 4 is 17.5 Å². The van der Waals surface area contributed by atoms with Crippen LogP contribution in [0.2, 0.25) is 0 Å². The van der Waals surface area contributed by atoms with Crippen molar-refractivity contribution in [1.82, 2.24) is 4.98 Å². The van der Waals surface area contributed by atoms with Gasteiger partial charge in [0.2, 0.25) is 0 Å². The fourth-order valence-electron chi connectivity index (χ4n) is 2.10. The van der Waals surface area contributed by atoms with E-state index >= 15 is 0 Å². The van der Waals surface area contributed by atoms with Gasteiger partial charge in [-0.25, -0.2) is 14.7 Å². The number of nitrogens with zero attached hydrogens (tertiary/aromatic N) is 2. The number of oxazole rings is 1. The normalized spacial score (nSPS) is 10.3. The summed E-state index contributed by atoms with van der Waals surface area (Å²) in [5.74, 6) is 0.593. The Kier molecular flexibility index (Phi) is 3.39. The molecule has 0 aliphatic heterocycles. The molecule has 104 valence electrons. The highest BCUT2D eigenvalue weighted by Gasteiger charge is 2.17. The van der Waals surface area contributed by atoms with Gasteiger partial charge >= 0.3 is 6.09 Å². The lowest BCUT2D eigenvalue weighted by Crippen LogP contribution is -2.23. The zero-order chi connectivity index (χ0) is 14.7. The minimum absolute atomic E-state index is 0.544. The minimum atomic E-state index is -1.05. The van der Waals surface area contributed by atoms with E-state index in [9.17, 15) is 9.90 Å². The van der Waals surface area contributed by atoms with Gasteiger partial charge in [-0.3, -0.25) is 0 Å². The van der Waals surface area contributed by atoms with Crippen molar-refractivity contribution in [2.45, 2.75) is 0 Å². The summed E-state index contributed by atoms with van der Waals surface area (Å²) in [6, 6.07) is 16.0. The van der Waals surface area contributed by atoms with Crippen LogP contribution in [0.15, 0.2) is 71.6 Å². The first-order chi connectivity index (χ1) is 10.3. The summed E-state index contributed by atoms with van der Waals surface area (Å²) in [6.07, 6.45) is 1.89. The molecule has 0 saturated heterocycles. The molecule has 1 amide bonds. The third-order valence-electron chi connectivity index (χ3n) is 3.03. The predicted molar refractivity (Wildman–Crippen MR) is 78.5 cm³/mol. The Morgan fingerprint density at radius 1 is 1.05 bits per heavy atom. The average molecular weight is 280 g/mol. The Hall–Kier alpha value is -3.08. The lowest BCUT2D eigenvalue weighted by molar-refractivity contribution is 0.205. The molecule has 21 heavy (non-hydrogen) atoms. The van der Waals surface area contributed by atoms with Crippen LogP contribution in [-0.4, -0.2) is 16.2 Å². The van der Waals surface area contributed by atoms with E-state index in [2.05, 4.69) is 4.98 Å². The van der Waals surface area contributed by atoms with Gasteiger partial charge in [0.05, 0.1) is 17.6 Å². The summed E-state index contributed by atoms with van der Waals surface area (Å²) in [5, 5.41) is 9.49. The smallest absolute Gasteiger partial charge is 0.416 e. The number of para-hydroxylation sites is 1. The molecule has 0 fully saturated rings. The van der Waals surface area contributed by atoms with E-state index < -0.39 is 6.09 Å². The number of benzene rings is 2. The molecule has 0 unspecified atom stereocenters. The summed E-state index contributed by atoms with van der Waals surface area (Å²) in [7, 11) is 0. The molecule has 0 spiro atoms. The first-order valence-corrected chi connectivity index (χ1v) is 6.33. The molecule has 0 radical (unpaired) electrons. The second-order valence-electron chi connectivity index (χ2n) is 4.37.